The van der Waals surface area contributed by atoms with Gasteiger partial charge in [-0.25, -0.2) is 0 Å². The summed E-state index contributed by atoms with van der Waals surface area (Å²) in [6.45, 7) is 4.51. The minimum absolute atomic E-state index is 0.227. The molecule has 1 aromatic rings. The van der Waals surface area contributed by atoms with Gasteiger partial charge in [-0.2, -0.15) is 0 Å². The van der Waals surface area contributed by atoms with E-state index in [9.17, 15) is 0 Å². The summed E-state index contributed by atoms with van der Waals surface area (Å²) in [6.07, 6.45) is 1.43. The van der Waals surface area contributed by atoms with Crippen molar-refractivity contribution in [1.29, 1.82) is 0 Å². The van der Waals surface area contributed by atoms with E-state index in [-0.39, 0.29) is 5.41 Å². The lowest BCUT2D eigenvalue weighted by Crippen LogP contribution is -2.61. The lowest BCUT2D eigenvalue weighted by Gasteiger charge is -2.51. The van der Waals surface area contributed by atoms with E-state index in [2.05, 4.69) is 19.2 Å². The molecule has 2 unspecified atom stereocenters. The van der Waals surface area contributed by atoms with Crippen LogP contribution < -0.4 is 10.1 Å². The fourth-order valence-electron chi connectivity index (χ4n) is 2.24. The van der Waals surface area contributed by atoms with Gasteiger partial charge in [-0.15, -0.1) is 0 Å². The highest BCUT2D eigenvalue weighted by Gasteiger charge is 2.49. The van der Waals surface area contributed by atoms with Crippen LogP contribution in [0.5, 0.6) is 5.75 Å². The lowest BCUT2D eigenvalue weighted by molar-refractivity contribution is -0.0520. The molecule has 1 saturated carbocycles. The van der Waals surface area contributed by atoms with E-state index in [1.807, 2.05) is 37.4 Å². The highest BCUT2D eigenvalue weighted by atomic mass is 16.5. The third-order valence-electron chi connectivity index (χ3n) is 3.55. The summed E-state index contributed by atoms with van der Waals surface area (Å²) in [4.78, 5) is 0. The van der Waals surface area contributed by atoms with E-state index >= 15 is 0 Å². The monoisotopic (exact) mass is 205 g/mol. The third-order valence-corrected chi connectivity index (χ3v) is 3.55. The summed E-state index contributed by atoms with van der Waals surface area (Å²) in [5.41, 5.74) is 0.227. The quantitative estimate of drug-likeness (QED) is 0.818. The number of ether oxygens (including phenoxy) is 1. The molecule has 2 heteroatoms. The van der Waals surface area contributed by atoms with Gasteiger partial charge in [-0.1, -0.05) is 32.0 Å². The molecule has 0 radical (unpaired) electrons. The Bertz CT molecular complexity index is 321. The van der Waals surface area contributed by atoms with Crippen molar-refractivity contribution in [2.75, 3.05) is 7.05 Å². The Hall–Kier alpha value is -1.02. The molecule has 0 bridgehead atoms. The van der Waals surface area contributed by atoms with Gasteiger partial charge in [0.1, 0.15) is 11.9 Å². The Morgan fingerprint density at radius 1 is 1.27 bits per heavy atom. The molecule has 0 aliphatic heterocycles. The SMILES string of the molecule is CNC1CC(Oc2ccccc2)C1(C)C. The minimum Gasteiger partial charge on any atom is -0.490 e. The molecule has 1 aliphatic carbocycles. The molecular formula is C13H19NO. The van der Waals surface area contributed by atoms with E-state index < -0.39 is 0 Å². The van der Waals surface area contributed by atoms with Crippen LogP contribution in [0, 0.1) is 5.41 Å². The molecule has 2 atom stereocenters. The van der Waals surface area contributed by atoms with Crippen molar-refractivity contribution < 1.29 is 4.74 Å². The van der Waals surface area contributed by atoms with Crippen molar-refractivity contribution in [3.05, 3.63) is 30.3 Å². The molecule has 1 aromatic carbocycles. The van der Waals surface area contributed by atoms with E-state index in [0.29, 0.717) is 12.1 Å². The fraction of sp³-hybridized carbons (Fsp3) is 0.538. The number of hydrogen-bond donors (Lipinski definition) is 1. The third kappa shape index (κ3) is 1.86. The van der Waals surface area contributed by atoms with Crippen LogP contribution in [0.3, 0.4) is 0 Å². The molecule has 1 aliphatic rings. The van der Waals surface area contributed by atoms with E-state index in [4.69, 9.17) is 4.74 Å². The normalized spacial score (nSPS) is 28.2. The van der Waals surface area contributed by atoms with Crippen molar-refractivity contribution in [1.82, 2.24) is 5.32 Å². The molecule has 15 heavy (non-hydrogen) atoms. The molecule has 82 valence electrons. The first-order valence-electron chi connectivity index (χ1n) is 5.53. The van der Waals surface area contributed by atoms with Crippen LogP contribution in [-0.2, 0) is 0 Å². The molecule has 1 N–H and O–H groups in total. The smallest absolute Gasteiger partial charge is 0.119 e. The molecule has 0 saturated heterocycles. The first kappa shape index (κ1) is 10.5. The fourth-order valence-corrected chi connectivity index (χ4v) is 2.24. The zero-order chi connectivity index (χ0) is 10.9. The summed E-state index contributed by atoms with van der Waals surface area (Å²) in [5, 5.41) is 3.33. The predicted octanol–water partition coefficient (Wildman–Crippen LogP) is 2.45. The second-order valence-corrected chi connectivity index (χ2v) is 4.82. The molecule has 0 heterocycles. The molecule has 2 nitrogen and oxygen atoms in total. The van der Waals surface area contributed by atoms with Crippen molar-refractivity contribution in [2.45, 2.75) is 32.4 Å². The maximum atomic E-state index is 5.96. The predicted molar refractivity (Wildman–Crippen MR) is 62.1 cm³/mol. The topological polar surface area (TPSA) is 21.3 Å². The summed E-state index contributed by atoms with van der Waals surface area (Å²) < 4.78 is 5.96. The zero-order valence-corrected chi connectivity index (χ0v) is 9.66. The highest BCUT2D eigenvalue weighted by Crippen LogP contribution is 2.42. The van der Waals surface area contributed by atoms with Gasteiger partial charge in [0.05, 0.1) is 0 Å². The van der Waals surface area contributed by atoms with Gasteiger partial charge < -0.3 is 10.1 Å². The van der Waals surface area contributed by atoms with Crippen molar-refractivity contribution >= 4 is 0 Å². The average Bonchev–Trinajstić information content (AvgIpc) is 2.25. The van der Waals surface area contributed by atoms with Gasteiger partial charge in [0.2, 0.25) is 0 Å². The molecule has 0 amide bonds. The standard InChI is InChI=1S/C13H19NO/c1-13(2)11(14-3)9-12(13)15-10-7-5-4-6-8-10/h4-8,11-12,14H,9H2,1-3H3. The summed E-state index contributed by atoms with van der Waals surface area (Å²) in [6, 6.07) is 10.6. The van der Waals surface area contributed by atoms with Gasteiger partial charge >= 0.3 is 0 Å². The Morgan fingerprint density at radius 3 is 2.47 bits per heavy atom. The zero-order valence-electron chi connectivity index (χ0n) is 9.66. The minimum atomic E-state index is 0.227. The van der Waals surface area contributed by atoms with Gasteiger partial charge in [0.25, 0.3) is 0 Å². The van der Waals surface area contributed by atoms with E-state index in [0.717, 1.165) is 12.2 Å². The number of rotatable bonds is 3. The van der Waals surface area contributed by atoms with Crippen LogP contribution in [-0.4, -0.2) is 19.2 Å². The average molecular weight is 205 g/mol. The number of nitrogens with one attached hydrogen (secondary N) is 1. The summed E-state index contributed by atoms with van der Waals surface area (Å²) >= 11 is 0. The van der Waals surface area contributed by atoms with Crippen molar-refractivity contribution in [3.8, 4) is 5.75 Å². The Kier molecular flexibility index (Phi) is 2.70. The van der Waals surface area contributed by atoms with Crippen LogP contribution in [0.25, 0.3) is 0 Å². The molecule has 0 spiro atoms. The largest absolute Gasteiger partial charge is 0.490 e. The highest BCUT2D eigenvalue weighted by molar-refractivity contribution is 5.22. The first-order chi connectivity index (χ1) is 7.14. The molecule has 1 fully saturated rings. The number of para-hydroxylation sites is 1. The van der Waals surface area contributed by atoms with E-state index in [1.165, 1.54) is 0 Å². The Labute approximate surface area is 91.6 Å². The maximum absolute atomic E-state index is 5.96. The van der Waals surface area contributed by atoms with Crippen LogP contribution in [0.1, 0.15) is 20.3 Å². The second-order valence-electron chi connectivity index (χ2n) is 4.82. The molecule has 2 rings (SSSR count). The Morgan fingerprint density at radius 2 is 1.93 bits per heavy atom. The van der Waals surface area contributed by atoms with Crippen LogP contribution >= 0.6 is 0 Å². The van der Waals surface area contributed by atoms with Gasteiger partial charge in [0.15, 0.2) is 0 Å². The molecular weight excluding hydrogens is 186 g/mol. The number of benzene rings is 1. The summed E-state index contributed by atoms with van der Waals surface area (Å²) in [7, 11) is 2.02. The van der Waals surface area contributed by atoms with Gasteiger partial charge in [-0.05, 0) is 19.2 Å². The van der Waals surface area contributed by atoms with Crippen LogP contribution in [0.4, 0.5) is 0 Å². The van der Waals surface area contributed by atoms with Crippen molar-refractivity contribution in [2.24, 2.45) is 5.41 Å². The van der Waals surface area contributed by atoms with Gasteiger partial charge in [0, 0.05) is 17.9 Å². The lowest BCUT2D eigenvalue weighted by atomic mass is 9.64. The maximum Gasteiger partial charge on any atom is 0.119 e. The van der Waals surface area contributed by atoms with Gasteiger partial charge in [-0.3, -0.25) is 0 Å². The Balaban J connectivity index is 1.99. The first-order valence-corrected chi connectivity index (χ1v) is 5.53. The second kappa shape index (κ2) is 3.86. The van der Waals surface area contributed by atoms with Crippen molar-refractivity contribution in [3.63, 3.8) is 0 Å². The van der Waals surface area contributed by atoms with Crippen LogP contribution in [0.15, 0.2) is 30.3 Å². The number of hydrogen-bond acceptors (Lipinski definition) is 2. The molecule has 0 aromatic heterocycles. The van der Waals surface area contributed by atoms with E-state index in [1.54, 1.807) is 0 Å². The summed E-state index contributed by atoms with van der Waals surface area (Å²) in [5.74, 6) is 0.977. The van der Waals surface area contributed by atoms with Crippen LogP contribution in [0.2, 0.25) is 0 Å².